The normalized spacial score (nSPS) is 15.6. The number of carboxylic acid groups (broad SMARTS) is 1. The largest absolute Gasteiger partial charge is 0.478 e. The molecular weight excluding hydrogens is 322 g/mol. The van der Waals surface area contributed by atoms with Gasteiger partial charge in [-0.3, -0.25) is 14.6 Å². The zero-order valence-electron chi connectivity index (χ0n) is 13.4. The highest BCUT2D eigenvalue weighted by Gasteiger charge is 2.25. The fourth-order valence-corrected chi connectivity index (χ4v) is 3.24. The lowest BCUT2D eigenvalue weighted by atomic mass is 10.0. The Morgan fingerprint density at radius 2 is 1.96 bits per heavy atom. The minimum atomic E-state index is -0.978. The van der Waals surface area contributed by atoms with Gasteiger partial charge in [0, 0.05) is 30.2 Å². The predicted octanol–water partition coefficient (Wildman–Crippen LogP) is 1.93. The van der Waals surface area contributed by atoms with Crippen molar-refractivity contribution >= 4 is 22.8 Å². The Bertz CT molecular complexity index is 937. The summed E-state index contributed by atoms with van der Waals surface area (Å²) in [5.41, 5.74) is 1.75. The van der Waals surface area contributed by atoms with Crippen LogP contribution in [0.15, 0.2) is 36.8 Å². The predicted molar refractivity (Wildman–Crippen MR) is 89.5 cm³/mol. The Labute approximate surface area is 143 Å². The van der Waals surface area contributed by atoms with Crippen LogP contribution in [-0.2, 0) is 0 Å². The van der Waals surface area contributed by atoms with E-state index in [0.717, 1.165) is 23.7 Å². The number of piperidine rings is 1. The highest BCUT2D eigenvalue weighted by Crippen LogP contribution is 2.24. The summed E-state index contributed by atoms with van der Waals surface area (Å²) in [6, 6.07) is 5.63. The van der Waals surface area contributed by atoms with Gasteiger partial charge in [-0.2, -0.15) is 10.2 Å². The maximum absolute atomic E-state index is 12.7. The van der Waals surface area contributed by atoms with Crippen molar-refractivity contribution in [2.24, 2.45) is 0 Å². The number of nitrogens with zero attached hydrogens (tertiary/aromatic N) is 4. The molecule has 0 aliphatic carbocycles. The first-order valence-corrected chi connectivity index (χ1v) is 8.11. The van der Waals surface area contributed by atoms with Crippen molar-refractivity contribution < 1.29 is 14.7 Å². The molecular formula is C17H17N5O3. The van der Waals surface area contributed by atoms with Gasteiger partial charge in [0.2, 0.25) is 0 Å². The zero-order chi connectivity index (χ0) is 17.4. The van der Waals surface area contributed by atoms with Crippen LogP contribution in [0.4, 0.5) is 0 Å². The van der Waals surface area contributed by atoms with Gasteiger partial charge in [-0.1, -0.05) is 0 Å². The first-order chi connectivity index (χ1) is 12.1. The smallest absolute Gasteiger partial charge is 0.338 e. The number of fused-ring (bicyclic) bond motifs is 1. The molecule has 1 aliphatic rings. The van der Waals surface area contributed by atoms with Gasteiger partial charge >= 0.3 is 5.97 Å². The van der Waals surface area contributed by atoms with E-state index in [1.165, 1.54) is 6.20 Å². The summed E-state index contributed by atoms with van der Waals surface area (Å²) in [6.45, 7) is 1.24. The Morgan fingerprint density at radius 1 is 1.16 bits per heavy atom. The minimum Gasteiger partial charge on any atom is -0.478 e. The number of aromatic carboxylic acids is 1. The quantitative estimate of drug-likeness (QED) is 0.759. The third-order valence-electron chi connectivity index (χ3n) is 4.66. The summed E-state index contributed by atoms with van der Waals surface area (Å²) in [5, 5.41) is 20.9. The molecule has 8 nitrogen and oxygen atoms in total. The van der Waals surface area contributed by atoms with Crippen LogP contribution in [-0.4, -0.2) is 55.0 Å². The van der Waals surface area contributed by atoms with Crippen molar-refractivity contribution in [1.82, 2.24) is 24.9 Å². The van der Waals surface area contributed by atoms with E-state index in [1.54, 1.807) is 17.1 Å². The molecule has 2 aromatic heterocycles. The first kappa shape index (κ1) is 15.4. The van der Waals surface area contributed by atoms with Gasteiger partial charge in [0.05, 0.1) is 29.5 Å². The molecule has 3 heterocycles. The number of rotatable bonds is 3. The minimum absolute atomic E-state index is 0.00763. The second kappa shape index (κ2) is 6.04. The van der Waals surface area contributed by atoms with Gasteiger partial charge in [-0.25, -0.2) is 4.79 Å². The van der Waals surface area contributed by atoms with Crippen LogP contribution >= 0.6 is 0 Å². The average Bonchev–Trinajstić information content (AvgIpc) is 3.30. The lowest BCUT2D eigenvalue weighted by molar-refractivity contribution is 0.0688. The number of aromatic amines is 1. The van der Waals surface area contributed by atoms with Gasteiger partial charge in [0.1, 0.15) is 0 Å². The standard InChI is InChI=1S/C17H17N5O3/c23-16(11-1-2-15-12(7-11)8-18-20-15)21-5-3-14(4-6-21)22-10-13(9-19-22)17(24)25/h1-2,7-10,14H,3-6H2,(H,18,20)(H,24,25). The van der Waals surface area contributed by atoms with Gasteiger partial charge in [0.25, 0.3) is 5.91 Å². The van der Waals surface area contributed by atoms with Crippen molar-refractivity contribution in [2.45, 2.75) is 18.9 Å². The number of benzene rings is 1. The van der Waals surface area contributed by atoms with Crippen molar-refractivity contribution in [2.75, 3.05) is 13.1 Å². The maximum Gasteiger partial charge on any atom is 0.338 e. The van der Waals surface area contributed by atoms with Gasteiger partial charge in [0.15, 0.2) is 0 Å². The number of amides is 1. The number of carboxylic acids is 1. The third-order valence-corrected chi connectivity index (χ3v) is 4.66. The highest BCUT2D eigenvalue weighted by atomic mass is 16.4. The molecule has 4 rings (SSSR count). The topological polar surface area (TPSA) is 104 Å². The summed E-state index contributed by atoms with van der Waals surface area (Å²) in [5.74, 6) is -0.971. The molecule has 2 N–H and O–H groups in total. The number of hydrogen-bond acceptors (Lipinski definition) is 4. The molecule has 0 bridgehead atoms. The second-order valence-electron chi connectivity index (χ2n) is 6.21. The zero-order valence-corrected chi connectivity index (χ0v) is 13.4. The molecule has 1 aromatic carbocycles. The number of H-pyrrole nitrogens is 1. The summed E-state index contributed by atoms with van der Waals surface area (Å²) in [7, 11) is 0. The third kappa shape index (κ3) is 2.86. The molecule has 0 unspecified atom stereocenters. The van der Waals surface area contributed by atoms with E-state index in [2.05, 4.69) is 15.3 Å². The van der Waals surface area contributed by atoms with Crippen LogP contribution in [0.1, 0.15) is 39.6 Å². The Morgan fingerprint density at radius 3 is 2.68 bits per heavy atom. The average molecular weight is 339 g/mol. The van der Waals surface area contributed by atoms with E-state index in [1.807, 2.05) is 23.1 Å². The van der Waals surface area contributed by atoms with Crippen molar-refractivity contribution in [3.8, 4) is 0 Å². The second-order valence-corrected chi connectivity index (χ2v) is 6.21. The van der Waals surface area contributed by atoms with Crippen molar-refractivity contribution in [3.05, 3.63) is 47.9 Å². The van der Waals surface area contributed by atoms with E-state index >= 15 is 0 Å². The van der Waals surface area contributed by atoms with E-state index in [0.29, 0.717) is 18.7 Å². The molecule has 1 fully saturated rings. The Hall–Kier alpha value is -3.16. The molecule has 0 spiro atoms. The monoisotopic (exact) mass is 339 g/mol. The molecule has 0 saturated carbocycles. The van der Waals surface area contributed by atoms with Crippen LogP contribution in [0.25, 0.3) is 10.9 Å². The van der Waals surface area contributed by atoms with E-state index in [-0.39, 0.29) is 17.5 Å². The number of likely N-dealkylation sites (tertiary alicyclic amines) is 1. The molecule has 128 valence electrons. The van der Waals surface area contributed by atoms with Crippen LogP contribution < -0.4 is 0 Å². The maximum atomic E-state index is 12.7. The number of hydrogen-bond donors (Lipinski definition) is 2. The number of nitrogens with one attached hydrogen (secondary N) is 1. The number of carbonyl (C=O) groups is 2. The molecule has 1 saturated heterocycles. The van der Waals surface area contributed by atoms with Crippen LogP contribution in [0, 0.1) is 0 Å². The van der Waals surface area contributed by atoms with Crippen LogP contribution in [0.3, 0.4) is 0 Å². The lowest BCUT2D eigenvalue weighted by Gasteiger charge is -2.32. The van der Waals surface area contributed by atoms with Gasteiger partial charge < -0.3 is 10.0 Å². The molecule has 8 heteroatoms. The number of carbonyl (C=O) groups excluding carboxylic acids is 1. The van der Waals surface area contributed by atoms with E-state index in [4.69, 9.17) is 5.11 Å². The van der Waals surface area contributed by atoms with Gasteiger partial charge in [-0.05, 0) is 31.0 Å². The number of aromatic nitrogens is 4. The SMILES string of the molecule is O=C(O)c1cnn(C2CCN(C(=O)c3ccc4[nH]ncc4c3)CC2)c1. The Kier molecular flexibility index (Phi) is 3.72. The first-order valence-electron chi connectivity index (χ1n) is 8.11. The molecule has 1 aliphatic heterocycles. The molecule has 25 heavy (non-hydrogen) atoms. The van der Waals surface area contributed by atoms with Crippen molar-refractivity contribution in [3.63, 3.8) is 0 Å². The molecule has 1 amide bonds. The van der Waals surface area contributed by atoms with E-state index in [9.17, 15) is 9.59 Å². The summed E-state index contributed by atoms with van der Waals surface area (Å²) < 4.78 is 1.70. The lowest BCUT2D eigenvalue weighted by Crippen LogP contribution is -2.39. The summed E-state index contributed by atoms with van der Waals surface area (Å²) in [6.07, 6.45) is 6.12. The molecule has 3 aromatic rings. The van der Waals surface area contributed by atoms with Gasteiger partial charge in [-0.15, -0.1) is 0 Å². The fraction of sp³-hybridized carbons (Fsp3) is 0.294. The van der Waals surface area contributed by atoms with Crippen LogP contribution in [0.2, 0.25) is 0 Å². The Balaban J connectivity index is 1.43. The van der Waals surface area contributed by atoms with E-state index < -0.39 is 5.97 Å². The summed E-state index contributed by atoms with van der Waals surface area (Å²) >= 11 is 0. The molecule has 0 radical (unpaired) electrons. The summed E-state index contributed by atoms with van der Waals surface area (Å²) in [4.78, 5) is 25.5. The fourth-order valence-electron chi connectivity index (χ4n) is 3.24. The molecule has 0 atom stereocenters. The van der Waals surface area contributed by atoms with Crippen LogP contribution in [0.5, 0.6) is 0 Å². The highest BCUT2D eigenvalue weighted by molar-refractivity contribution is 5.97. The van der Waals surface area contributed by atoms with Crippen molar-refractivity contribution in [1.29, 1.82) is 0 Å².